The van der Waals surface area contributed by atoms with Crippen LogP contribution in [0.15, 0.2) is 23.4 Å². The number of nitrogens with one attached hydrogen (secondary N) is 1. The molecular weight excluding hydrogens is 262 g/mol. The fourth-order valence-corrected chi connectivity index (χ4v) is 2.33. The van der Waals surface area contributed by atoms with Crippen LogP contribution in [0.4, 0.5) is 0 Å². The molecule has 4 N–H and O–H groups in total. The van der Waals surface area contributed by atoms with Gasteiger partial charge >= 0.3 is 0 Å². The first-order valence-corrected chi connectivity index (χ1v) is 7.38. The molecule has 1 unspecified atom stereocenters. The first-order chi connectivity index (χ1) is 9.12. The smallest absolute Gasteiger partial charge is 0.173 e. The monoisotopic (exact) mass is 283 g/mol. The van der Waals surface area contributed by atoms with E-state index in [2.05, 4.69) is 23.7 Å². The van der Waals surface area contributed by atoms with Crippen LogP contribution >= 0.6 is 11.8 Å². The first-order valence-electron chi connectivity index (χ1n) is 5.99. The van der Waals surface area contributed by atoms with E-state index in [1.54, 1.807) is 13.2 Å². The van der Waals surface area contributed by atoms with Crippen molar-refractivity contribution in [1.82, 2.24) is 5.32 Å². The number of rotatable bonds is 7. The molecule has 0 fully saturated rings. The summed E-state index contributed by atoms with van der Waals surface area (Å²) in [5.41, 5.74) is 7.27. The summed E-state index contributed by atoms with van der Waals surface area (Å²) in [6, 6.07) is 6.08. The molecule has 0 bridgehead atoms. The van der Waals surface area contributed by atoms with Crippen LogP contribution in [-0.2, 0) is 6.54 Å². The molecule has 1 aromatic carbocycles. The Morgan fingerprint density at radius 1 is 1.58 bits per heavy atom. The van der Waals surface area contributed by atoms with E-state index in [0.29, 0.717) is 17.4 Å². The third-order valence-corrected chi connectivity index (χ3v) is 3.55. The molecule has 0 amide bonds. The summed E-state index contributed by atoms with van der Waals surface area (Å²) in [5.74, 6) is 1.72. The van der Waals surface area contributed by atoms with Crippen LogP contribution in [0.2, 0.25) is 0 Å². The first kappa shape index (κ1) is 15.7. The molecule has 1 aromatic rings. The Morgan fingerprint density at radius 3 is 2.89 bits per heavy atom. The summed E-state index contributed by atoms with van der Waals surface area (Å²) in [6.07, 6.45) is 2.09. The van der Waals surface area contributed by atoms with Crippen molar-refractivity contribution in [3.8, 4) is 5.75 Å². The van der Waals surface area contributed by atoms with Gasteiger partial charge in [0.05, 0.1) is 12.7 Å². The number of hydrogen-bond donors (Lipinski definition) is 3. The zero-order valence-electron chi connectivity index (χ0n) is 11.5. The van der Waals surface area contributed by atoms with Gasteiger partial charge in [0.1, 0.15) is 5.75 Å². The highest BCUT2D eigenvalue weighted by Crippen LogP contribution is 2.20. The maximum atomic E-state index is 8.71. The summed E-state index contributed by atoms with van der Waals surface area (Å²) in [7, 11) is 1.57. The van der Waals surface area contributed by atoms with Crippen molar-refractivity contribution in [2.24, 2.45) is 10.9 Å². The quantitative estimate of drug-likeness (QED) is 0.307. The van der Waals surface area contributed by atoms with Crippen LogP contribution in [0.1, 0.15) is 18.1 Å². The van der Waals surface area contributed by atoms with E-state index in [1.807, 2.05) is 23.9 Å². The Bertz CT molecular complexity index is 438. The van der Waals surface area contributed by atoms with Crippen LogP contribution in [0.3, 0.4) is 0 Å². The molecule has 0 aliphatic carbocycles. The van der Waals surface area contributed by atoms with Crippen LogP contribution in [0.5, 0.6) is 5.75 Å². The van der Waals surface area contributed by atoms with Crippen molar-refractivity contribution < 1.29 is 9.94 Å². The van der Waals surface area contributed by atoms with E-state index in [-0.39, 0.29) is 5.84 Å². The van der Waals surface area contributed by atoms with Gasteiger partial charge in [-0.1, -0.05) is 11.2 Å². The van der Waals surface area contributed by atoms with Gasteiger partial charge in [-0.3, -0.25) is 0 Å². The lowest BCUT2D eigenvalue weighted by molar-refractivity contribution is 0.318. The molecule has 5 nitrogen and oxygen atoms in total. The Kier molecular flexibility index (Phi) is 6.52. The van der Waals surface area contributed by atoms with Crippen molar-refractivity contribution in [2.45, 2.75) is 19.5 Å². The van der Waals surface area contributed by atoms with Gasteiger partial charge in [-0.2, -0.15) is 11.8 Å². The van der Waals surface area contributed by atoms with Gasteiger partial charge in [0.15, 0.2) is 5.84 Å². The molecule has 0 spiro atoms. The number of nitrogens with two attached hydrogens (primary N) is 1. The molecule has 0 radical (unpaired) electrons. The molecule has 1 atom stereocenters. The number of oxime groups is 1. The third-order valence-electron chi connectivity index (χ3n) is 2.72. The fourth-order valence-electron chi connectivity index (χ4n) is 1.71. The minimum atomic E-state index is 0.0483. The second-order valence-electron chi connectivity index (χ2n) is 4.26. The lowest BCUT2D eigenvalue weighted by atomic mass is 10.1. The minimum absolute atomic E-state index is 0.0483. The van der Waals surface area contributed by atoms with E-state index in [1.165, 1.54) is 0 Å². The zero-order chi connectivity index (χ0) is 14.3. The predicted molar refractivity (Wildman–Crippen MR) is 80.2 cm³/mol. The van der Waals surface area contributed by atoms with Gasteiger partial charge < -0.3 is 21.0 Å². The lowest BCUT2D eigenvalue weighted by Crippen LogP contribution is -2.27. The Labute approximate surface area is 118 Å². The molecule has 0 aliphatic heterocycles. The average Bonchev–Trinajstić information content (AvgIpc) is 2.44. The molecule has 0 aromatic heterocycles. The summed E-state index contributed by atoms with van der Waals surface area (Å²) < 4.78 is 5.26. The number of amidine groups is 1. The van der Waals surface area contributed by atoms with E-state index in [4.69, 9.17) is 15.7 Å². The molecule has 19 heavy (non-hydrogen) atoms. The standard InChI is InChI=1S/C13H21N3O2S/c1-9(8-19-3)15-7-10-4-5-11(13(14)16-17)12(6-10)18-2/h4-6,9,15,17H,7-8H2,1-3H3,(H2,14,16). The number of benzene rings is 1. The van der Waals surface area contributed by atoms with Crippen LogP contribution in [0.25, 0.3) is 0 Å². The normalized spacial score (nSPS) is 13.3. The summed E-state index contributed by atoms with van der Waals surface area (Å²) in [6.45, 7) is 2.91. The Hall–Kier alpha value is -1.40. The van der Waals surface area contributed by atoms with Gasteiger partial charge in [0, 0.05) is 18.3 Å². The number of methoxy groups -OCH3 is 1. The number of hydrogen-bond acceptors (Lipinski definition) is 5. The Balaban J connectivity index is 2.77. The minimum Gasteiger partial charge on any atom is -0.496 e. The summed E-state index contributed by atoms with van der Waals surface area (Å²) in [4.78, 5) is 0. The fraction of sp³-hybridized carbons (Fsp3) is 0.462. The summed E-state index contributed by atoms with van der Waals surface area (Å²) in [5, 5.41) is 15.1. The van der Waals surface area contributed by atoms with Crippen molar-refractivity contribution in [2.75, 3.05) is 19.1 Å². The maximum Gasteiger partial charge on any atom is 0.173 e. The zero-order valence-corrected chi connectivity index (χ0v) is 12.3. The van der Waals surface area contributed by atoms with Crippen LogP contribution in [0, 0.1) is 0 Å². The topological polar surface area (TPSA) is 79.9 Å². The van der Waals surface area contributed by atoms with Crippen LogP contribution < -0.4 is 15.8 Å². The summed E-state index contributed by atoms with van der Waals surface area (Å²) >= 11 is 1.81. The molecule has 106 valence electrons. The second-order valence-corrected chi connectivity index (χ2v) is 5.17. The maximum absolute atomic E-state index is 8.71. The van der Waals surface area contributed by atoms with Gasteiger partial charge in [-0.25, -0.2) is 0 Å². The predicted octanol–water partition coefficient (Wildman–Crippen LogP) is 1.63. The van der Waals surface area contributed by atoms with E-state index < -0.39 is 0 Å². The average molecular weight is 283 g/mol. The van der Waals surface area contributed by atoms with E-state index in [9.17, 15) is 0 Å². The highest BCUT2D eigenvalue weighted by Gasteiger charge is 2.09. The number of ether oxygens (including phenoxy) is 1. The molecule has 1 rings (SSSR count). The van der Waals surface area contributed by atoms with E-state index >= 15 is 0 Å². The molecule has 0 saturated carbocycles. The van der Waals surface area contributed by atoms with Gasteiger partial charge in [0.25, 0.3) is 0 Å². The lowest BCUT2D eigenvalue weighted by Gasteiger charge is -2.14. The Morgan fingerprint density at radius 2 is 2.32 bits per heavy atom. The highest BCUT2D eigenvalue weighted by molar-refractivity contribution is 7.98. The molecule has 0 aliphatic rings. The van der Waals surface area contributed by atoms with Crippen molar-refractivity contribution in [3.63, 3.8) is 0 Å². The third kappa shape index (κ3) is 4.65. The molecule has 0 heterocycles. The van der Waals surface area contributed by atoms with E-state index in [0.717, 1.165) is 17.9 Å². The second kappa shape index (κ2) is 7.91. The SMILES string of the molecule is COc1cc(CNC(C)CSC)ccc1/C(N)=N/O. The van der Waals surface area contributed by atoms with Gasteiger partial charge in [-0.05, 0) is 30.9 Å². The number of nitrogens with zero attached hydrogens (tertiary/aromatic N) is 1. The highest BCUT2D eigenvalue weighted by atomic mass is 32.2. The molecule has 6 heteroatoms. The van der Waals surface area contributed by atoms with Gasteiger partial charge in [-0.15, -0.1) is 0 Å². The van der Waals surface area contributed by atoms with Crippen molar-refractivity contribution >= 4 is 17.6 Å². The molecule has 0 saturated heterocycles. The van der Waals surface area contributed by atoms with Gasteiger partial charge in [0.2, 0.25) is 0 Å². The number of thioether (sulfide) groups is 1. The van der Waals surface area contributed by atoms with Crippen molar-refractivity contribution in [3.05, 3.63) is 29.3 Å². The van der Waals surface area contributed by atoms with Crippen LogP contribution in [-0.4, -0.2) is 36.2 Å². The largest absolute Gasteiger partial charge is 0.496 e. The van der Waals surface area contributed by atoms with Crippen molar-refractivity contribution in [1.29, 1.82) is 0 Å². The molecular formula is C13H21N3O2S.